The summed E-state index contributed by atoms with van der Waals surface area (Å²) >= 11 is 0. The van der Waals surface area contributed by atoms with Gasteiger partial charge >= 0.3 is 0 Å². The van der Waals surface area contributed by atoms with E-state index in [1.165, 1.54) is 0 Å². The van der Waals surface area contributed by atoms with Gasteiger partial charge in [-0.15, -0.1) is 0 Å². The lowest BCUT2D eigenvalue weighted by Crippen LogP contribution is -3.00. The van der Waals surface area contributed by atoms with E-state index in [-0.39, 0.29) is 24.1 Å². The number of hydrogen-bond donors (Lipinski definition) is 2. The van der Waals surface area contributed by atoms with Gasteiger partial charge in [0.1, 0.15) is 18.8 Å². The van der Waals surface area contributed by atoms with Gasteiger partial charge in [-0.3, -0.25) is 4.79 Å². The molecule has 1 aliphatic rings. The number of morpholine rings is 1. The van der Waals surface area contributed by atoms with Crippen molar-refractivity contribution in [3.63, 3.8) is 0 Å². The summed E-state index contributed by atoms with van der Waals surface area (Å²) in [5.41, 5.74) is 0.334. The SMILES string of the molecule is C[N+]1(CCCNC(=O)c2cc3ccccc3cc2O)CCOCC1.[Cl-]. The molecule has 136 valence electrons. The molecule has 0 unspecified atom stereocenters. The molecule has 0 spiro atoms. The van der Waals surface area contributed by atoms with Crippen LogP contribution in [0.5, 0.6) is 5.75 Å². The summed E-state index contributed by atoms with van der Waals surface area (Å²) in [5.74, 6) is -0.193. The van der Waals surface area contributed by atoms with Gasteiger partial charge in [-0.25, -0.2) is 0 Å². The van der Waals surface area contributed by atoms with E-state index in [0.717, 1.165) is 54.5 Å². The average molecular weight is 365 g/mol. The first-order valence-electron chi connectivity index (χ1n) is 8.49. The summed E-state index contributed by atoms with van der Waals surface area (Å²) < 4.78 is 6.40. The minimum atomic E-state index is -0.220. The minimum absolute atomic E-state index is 0. The third-order valence-corrected chi connectivity index (χ3v) is 4.82. The second-order valence-electron chi connectivity index (χ2n) is 6.73. The molecule has 3 rings (SSSR count). The molecule has 0 atom stereocenters. The number of amides is 1. The fourth-order valence-electron chi connectivity index (χ4n) is 3.18. The van der Waals surface area contributed by atoms with Crippen molar-refractivity contribution >= 4 is 16.7 Å². The fourth-order valence-corrected chi connectivity index (χ4v) is 3.18. The summed E-state index contributed by atoms with van der Waals surface area (Å²) in [6.07, 6.45) is 0.913. The number of likely N-dealkylation sites (N-methyl/N-ethyl adjacent to an activating group) is 1. The Morgan fingerprint density at radius 2 is 1.84 bits per heavy atom. The number of aromatic hydroxyl groups is 1. The molecule has 1 aliphatic heterocycles. The Morgan fingerprint density at radius 3 is 2.52 bits per heavy atom. The van der Waals surface area contributed by atoms with E-state index in [2.05, 4.69) is 12.4 Å². The summed E-state index contributed by atoms with van der Waals surface area (Å²) in [7, 11) is 2.24. The highest BCUT2D eigenvalue weighted by Gasteiger charge is 2.24. The number of quaternary nitrogens is 1. The van der Waals surface area contributed by atoms with Crippen LogP contribution in [0.4, 0.5) is 0 Å². The average Bonchev–Trinajstić information content (AvgIpc) is 2.58. The first kappa shape index (κ1) is 19.5. The number of nitrogens with zero attached hydrogens (tertiary/aromatic N) is 1. The highest BCUT2D eigenvalue weighted by atomic mass is 35.5. The third kappa shape index (κ3) is 4.84. The van der Waals surface area contributed by atoms with Gasteiger partial charge in [-0.05, 0) is 22.9 Å². The number of fused-ring (bicyclic) bond motifs is 1. The molecule has 2 aromatic rings. The normalized spacial score (nSPS) is 16.2. The minimum Gasteiger partial charge on any atom is -1.00 e. The molecule has 2 N–H and O–H groups in total. The van der Waals surface area contributed by atoms with E-state index in [0.29, 0.717) is 12.1 Å². The Kier molecular flexibility index (Phi) is 6.64. The van der Waals surface area contributed by atoms with E-state index in [4.69, 9.17) is 4.74 Å². The van der Waals surface area contributed by atoms with Crippen molar-refractivity contribution in [3.8, 4) is 5.75 Å². The van der Waals surface area contributed by atoms with Crippen molar-refractivity contribution in [1.82, 2.24) is 5.32 Å². The Labute approximate surface area is 154 Å². The summed E-state index contributed by atoms with van der Waals surface area (Å²) in [5, 5.41) is 14.9. The van der Waals surface area contributed by atoms with Crippen LogP contribution in [-0.4, -0.2) is 61.9 Å². The number of nitrogens with one attached hydrogen (secondary N) is 1. The van der Waals surface area contributed by atoms with E-state index < -0.39 is 0 Å². The fraction of sp³-hybridized carbons (Fsp3) is 0.421. The standard InChI is InChI=1S/C19H24N2O3.ClH/c1-21(9-11-24-12-10-21)8-4-7-20-19(23)17-13-15-5-2-3-6-16(15)14-18(17)22;/h2-3,5-6,13-14H,4,7-12H2,1H3,(H-,20,22,23);1H. The highest BCUT2D eigenvalue weighted by molar-refractivity contribution is 6.01. The van der Waals surface area contributed by atoms with Gasteiger partial charge in [0.05, 0.1) is 32.4 Å². The molecular formula is C19H25ClN2O3. The molecule has 1 heterocycles. The second-order valence-corrected chi connectivity index (χ2v) is 6.73. The summed E-state index contributed by atoms with van der Waals surface area (Å²) in [6, 6.07) is 11.1. The van der Waals surface area contributed by atoms with E-state index in [1.807, 2.05) is 24.3 Å². The lowest BCUT2D eigenvalue weighted by Gasteiger charge is -2.37. The number of rotatable bonds is 5. The Hall–Kier alpha value is -1.82. The number of hydrogen-bond acceptors (Lipinski definition) is 3. The van der Waals surface area contributed by atoms with Crippen molar-refractivity contribution in [1.29, 1.82) is 0 Å². The molecule has 0 aromatic heterocycles. The van der Waals surface area contributed by atoms with Gasteiger partial charge < -0.3 is 32.1 Å². The molecule has 1 fully saturated rings. The number of carbonyl (C=O) groups excluding carboxylic acids is 1. The zero-order chi connectivity index (χ0) is 17.0. The molecule has 25 heavy (non-hydrogen) atoms. The lowest BCUT2D eigenvalue weighted by molar-refractivity contribution is -0.916. The maximum absolute atomic E-state index is 12.3. The van der Waals surface area contributed by atoms with Gasteiger partial charge in [-0.1, -0.05) is 24.3 Å². The van der Waals surface area contributed by atoms with Crippen LogP contribution in [-0.2, 0) is 4.74 Å². The zero-order valence-electron chi connectivity index (χ0n) is 14.5. The van der Waals surface area contributed by atoms with Gasteiger partial charge in [0.2, 0.25) is 0 Å². The predicted molar refractivity (Wildman–Crippen MR) is 94.2 cm³/mol. The van der Waals surface area contributed by atoms with Crippen LogP contribution in [0, 0.1) is 0 Å². The van der Waals surface area contributed by atoms with Crippen LogP contribution in [0.3, 0.4) is 0 Å². The smallest absolute Gasteiger partial charge is 0.255 e. The first-order chi connectivity index (χ1) is 11.6. The Balaban J connectivity index is 0.00000225. The number of phenols is 1. The number of ether oxygens (including phenoxy) is 1. The predicted octanol–water partition coefficient (Wildman–Crippen LogP) is -0.854. The van der Waals surface area contributed by atoms with Gasteiger partial charge in [-0.2, -0.15) is 0 Å². The number of phenolic OH excluding ortho intramolecular Hbond substituents is 1. The maximum atomic E-state index is 12.3. The highest BCUT2D eigenvalue weighted by Crippen LogP contribution is 2.24. The lowest BCUT2D eigenvalue weighted by atomic mass is 10.1. The van der Waals surface area contributed by atoms with Crippen LogP contribution in [0.15, 0.2) is 36.4 Å². The molecule has 6 heteroatoms. The van der Waals surface area contributed by atoms with Crippen LogP contribution in [0.25, 0.3) is 10.8 Å². The molecule has 0 radical (unpaired) electrons. The molecule has 0 aliphatic carbocycles. The van der Waals surface area contributed by atoms with E-state index in [1.54, 1.807) is 12.1 Å². The Morgan fingerprint density at radius 1 is 1.20 bits per heavy atom. The molecule has 0 saturated carbocycles. The van der Waals surface area contributed by atoms with Crippen LogP contribution < -0.4 is 17.7 Å². The topological polar surface area (TPSA) is 58.6 Å². The zero-order valence-corrected chi connectivity index (χ0v) is 15.3. The van der Waals surface area contributed by atoms with Crippen LogP contribution in [0.1, 0.15) is 16.8 Å². The van der Waals surface area contributed by atoms with Gasteiger partial charge in [0.15, 0.2) is 0 Å². The van der Waals surface area contributed by atoms with E-state index >= 15 is 0 Å². The van der Waals surface area contributed by atoms with Crippen molar-refractivity contribution in [3.05, 3.63) is 42.0 Å². The van der Waals surface area contributed by atoms with Crippen LogP contribution in [0.2, 0.25) is 0 Å². The Bertz CT molecular complexity index is 730. The summed E-state index contributed by atoms with van der Waals surface area (Å²) in [4.78, 5) is 12.3. The number of halogens is 1. The van der Waals surface area contributed by atoms with Gasteiger partial charge in [0, 0.05) is 13.0 Å². The first-order valence-corrected chi connectivity index (χ1v) is 8.49. The van der Waals surface area contributed by atoms with E-state index in [9.17, 15) is 9.90 Å². The number of benzene rings is 2. The summed E-state index contributed by atoms with van der Waals surface area (Å²) in [6.45, 7) is 5.31. The van der Waals surface area contributed by atoms with Crippen molar-refractivity contribution in [2.24, 2.45) is 0 Å². The maximum Gasteiger partial charge on any atom is 0.255 e. The molecular weight excluding hydrogens is 340 g/mol. The molecule has 0 bridgehead atoms. The number of carbonyl (C=O) groups is 1. The monoisotopic (exact) mass is 364 g/mol. The molecule has 5 nitrogen and oxygen atoms in total. The van der Waals surface area contributed by atoms with Gasteiger partial charge in [0.25, 0.3) is 5.91 Å². The largest absolute Gasteiger partial charge is 1.00 e. The third-order valence-electron chi connectivity index (χ3n) is 4.82. The van der Waals surface area contributed by atoms with Crippen molar-refractivity contribution < 1.29 is 31.5 Å². The molecule has 2 aromatic carbocycles. The van der Waals surface area contributed by atoms with Crippen molar-refractivity contribution in [2.45, 2.75) is 6.42 Å². The quantitative estimate of drug-likeness (QED) is 0.536. The molecule has 1 saturated heterocycles. The van der Waals surface area contributed by atoms with Crippen LogP contribution >= 0.6 is 0 Å². The van der Waals surface area contributed by atoms with Crippen molar-refractivity contribution in [2.75, 3.05) is 46.4 Å². The molecule has 1 amide bonds. The second kappa shape index (κ2) is 8.52.